The molecule has 0 aliphatic rings. The van der Waals surface area contributed by atoms with Gasteiger partial charge in [0.25, 0.3) is 5.69 Å². The third-order valence-corrected chi connectivity index (χ3v) is 4.15. The Hall–Kier alpha value is -3.12. The predicted molar refractivity (Wildman–Crippen MR) is 103 cm³/mol. The van der Waals surface area contributed by atoms with Gasteiger partial charge in [-0.2, -0.15) is 0 Å². The molecule has 27 heavy (non-hydrogen) atoms. The summed E-state index contributed by atoms with van der Waals surface area (Å²) in [7, 11) is 0. The van der Waals surface area contributed by atoms with Crippen LogP contribution < -0.4 is 10.1 Å². The lowest BCUT2D eigenvalue weighted by Crippen LogP contribution is -2.01. The molecule has 3 rings (SSSR count). The lowest BCUT2D eigenvalue weighted by molar-refractivity contribution is -0.384. The molecule has 0 aromatic heterocycles. The third-order valence-electron chi connectivity index (χ3n) is 3.85. The van der Waals surface area contributed by atoms with Gasteiger partial charge in [-0.25, -0.2) is 4.39 Å². The van der Waals surface area contributed by atoms with Gasteiger partial charge in [-0.05, 0) is 47.5 Å². The molecule has 0 spiro atoms. The Morgan fingerprint density at radius 3 is 2.48 bits per heavy atom. The van der Waals surface area contributed by atoms with E-state index >= 15 is 0 Å². The highest BCUT2D eigenvalue weighted by atomic mass is 35.5. The van der Waals surface area contributed by atoms with Crippen molar-refractivity contribution >= 4 is 23.0 Å². The molecule has 0 unspecified atom stereocenters. The Labute approximate surface area is 160 Å². The number of halogens is 2. The van der Waals surface area contributed by atoms with Crippen molar-refractivity contribution in [1.29, 1.82) is 0 Å². The highest BCUT2D eigenvalue weighted by Crippen LogP contribution is 2.27. The molecule has 3 aromatic carbocycles. The van der Waals surface area contributed by atoms with E-state index in [1.54, 1.807) is 36.4 Å². The van der Waals surface area contributed by atoms with Crippen LogP contribution in [0.25, 0.3) is 0 Å². The van der Waals surface area contributed by atoms with E-state index < -0.39 is 4.92 Å². The molecule has 1 N–H and O–H groups in total. The fourth-order valence-electron chi connectivity index (χ4n) is 2.46. The Kier molecular flexibility index (Phi) is 5.88. The first-order valence-corrected chi connectivity index (χ1v) is 8.53. The molecule has 7 heteroatoms. The van der Waals surface area contributed by atoms with Gasteiger partial charge < -0.3 is 10.1 Å². The summed E-state index contributed by atoms with van der Waals surface area (Å²) in [6, 6.07) is 17.8. The van der Waals surface area contributed by atoms with Crippen LogP contribution in [-0.2, 0) is 13.2 Å². The summed E-state index contributed by atoms with van der Waals surface area (Å²) in [5.74, 6) is 0.204. The highest BCUT2D eigenvalue weighted by Gasteiger charge is 2.06. The molecule has 0 fully saturated rings. The fourth-order valence-corrected chi connectivity index (χ4v) is 2.72. The number of ether oxygens (including phenoxy) is 1. The summed E-state index contributed by atoms with van der Waals surface area (Å²) >= 11 is 6.26. The van der Waals surface area contributed by atoms with E-state index in [1.807, 2.05) is 6.07 Å². The molecule has 0 heterocycles. The topological polar surface area (TPSA) is 64.4 Å². The molecule has 0 amide bonds. The standard InChI is InChI=1S/C20H16ClFN2O3/c21-19-11-14(12-23-17-5-7-18(8-6-17)24(25)26)4-9-20(19)27-13-15-2-1-3-16(22)10-15/h1-11,23H,12-13H2. The molecule has 0 saturated carbocycles. The van der Waals surface area contributed by atoms with Gasteiger partial charge >= 0.3 is 0 Å². The van der Waals surface area contributed by atoms with Crippen molar-refractivity contribution in [2.75, 3.05) is 5.32 Å². The highest BCUT2D eigenvalue weighted by molar-refractivity contribution is 6.32. The fraction of sp³-hybridized carbons (Fsp3) is 0.100. The van der Waals surface area contributed by atoms with Crippen molar-refractivity contribution in [1.82, 2.24) is 0 Å². The Morgan fingerprint density at radius 2 is 1.81 bits per heavy atom. The van der Waals surface area contributed by atoms with Crippen LogP contribution in [0.15, 0.2) is 66.7 Å². The average Bonchev–Trinajstić information content (AvgIpc) is 2.66. The molecule has 5 nitrogen and oxygen atoms in total. The lowest BCUT2D eigenvalue weighted by Gasteiger charge is -2.11. The van der Waals surface area contributed by atoms with Crippen LogP contribution in [0.2, 0.25) is 5.02 Å². The predicted octanol–water partition coefficient (Wildman–Crippen LogP) is 5.58. The van der Waals surface area contributed by atoms with Crippen molar-refractivity contribution in [2.24, 2.45) is 0 Å². The summed E-state index contributed by atoms with van der Waals surface area (Å²) in [5.41, 5.74) is 2.46. The molecular weight excluding hydrogens is 371 g/mol. The largest absolute Gasteiger partial charge is 0.487 e. The van der Waals surface area contributed by atoms with Crippen LogP contribution >= 0.6 is 11.6 Å². The van der Waals surface area contributed by atoms with E-state index in [4.69, 9.17) is 16.3 Å². The number of nitro benzene ring substituents is 1. The number of non-ortho nitro benzene ring substituents is 1. The zero-order chi connectivity index (χ0) is 19.2. The minimum Gasteiger partial charge on any atom is -0.487 e. The monoisotopic (exact) mass is 386 g/mol. The maximum Gasteiger partial charge on any atom is 0.269 e. The second-order valence-corrected chi connectivity index (χ2v) is 6.25. The van der Waals surface area contributed by atoms with Gasteiger partial charge in [0.2, 0.25) is 0 Å². The number of rotatable bonds is 7. The van der Waals surface area contributed by atoms with Crippen molar-refractivity contribution in [3.63, 3.8) is 0 Å². The first kappa shape index (κ1) is 18.7. The van der Waals surface area contributed by atoms with Gasteiger partial charge in [-0.3, -0.25) is 10.1 Å². The number of nitrogens with zero attached hydrogens (tertiary/aromatic N) is 1. The summed E-state index contributed by atoms with van der Waals surface area (Å²) in [4.78, 5) is 10.2. The van der Waals surface area contributed by atoms with E-state index in [-0.39, 0.29) is 18.1 Å². The molecule has 0 aliphatic carbocycles. The number of hydrogen-bond donors (Lipinski definition) is 1. The third kappa shape index (κ3) is 5.18. The molecule has 138 valence electrons. The quantitative estimate of drug-likeness (QED) is 0.425. The number of anilines is 1. The van der Waals surface area contributed by atoms with Gasteiger partial charge in [0, 0.05) is 24.4 Å². The van der Waals surface area contributed by atoms with E-state index in [1.165, 1.54) is 24.3 Å². The Morgan fingerprint density at radius 1 is 1.04 bits per heavy atom. The summed E-state index contributed by atoms with van der Waals surface area (Å²) in [6.07, 6.45) is 0. The SMILES string of the molecule is O=[N+]([O-])c1ccc(NCc2ccc(OCc3cccc(F)c3)c(Cl)c2)cc1. The average molecular weight is 387 g/mol. The summed E-state index contributed by atoms with van der Waals surface area (Å²) < 4.78 is 18.8. The second kappa shape index (κ2) is 8.51. The van der Waals surface area contributed by atoms with Gasteiger partial charge in [0.1, 0.15) is 18.2 Å². The Bertz CT molecular complexity index is 948. The first-order valence-electron chi connectivity index (χ1n) is 8.15. The molecule has 3 aromatic rings. The lowest BCUT2D eigenvalue weighted by atomic mass is 10.2. The molecule has 0 radical (unpaired) electrons. The molecule has 0 bridgehead atoms. The van der Waals surface area contributed by atoms with Crippen LogP contribution in [0.3, 0.4) is 0 Å². The van der Waals surface area contributed by atoms with Crippen LogP contribution in [0.5, 0.6) is 5.75 Å². The molecule has 0 atom stereocenters. The number of nitro groups is 1. The molecular formula is C20H16ClFN2O3. The minimum absolute atomic E-state index is 0.0448. The minimum atomic E-state index is -0.438. The first-order chi connectivity index (χ1) is 13.0. The van der Waals surface area contributed by atoms with Crippen molar-refractivity contribution < 1.29 is 14.1 Å². The van der Waals surface area contributed by atoms with Crippen molar-refractivity contribution in [2.45, 2.75) is 13.2 Å². The number of hydrogen-bond acceptors (Lipinski definition) is 4. The van der Waals surface area contributed by atoms with Crippen LogP contribution in [0.4, 0.5) is 15.8 Å². The summed E-state index contributed by atoms with van der Waals surface area (Å²) in [6.45, 7) is 0.722. The number of benzene rings is 3. The van der Waals surface area contributed by atoms with Crippen LogP contribution in [0, 0.1) is 15.9 Å². The van der Waals surface area contributed by atoms with Crippen LogP contribution in [-0.4, -0.2) is 4.92 Å². The maximum atomic E-state index is 13.2. The zero-order valence-corrected chi connectivity index (χ0v) is 14.9. The normalized spacial score (nSPS) is 10.4. The van der Waals surface area contributed by atoms with Gasteiger partial charge in [0.15, 0.2) is 0 Å². The van der Waals surface area contributed by atoms with Crippen molar-refractivity contribution in [3.8, 4) is 5.75 Å². The smallest absolute Gasteiger partial charge is 0.269 e. The second-order valence-electron chi connectivity index (χ2n) is 5.84. The number of nitrogens with one attached hydrogen (secondary N) is 1. The Balaban J connectivity index is 1.58. The van der Waals surface area contributed by atoms with E-state index in [2.05, 4.69) is 5.32 Å². The molecule has 0 saturated heterocycles. The zero-order valence-electron chi connectivity index (χ0n) is 14.2. The van der Waals surface area contributed by atoms with Gasteiger partial charge in [0.05, 0.1) is 9.95 Å². The molecule has 0 aliphatic heterocycles. The van der Waals surface area contributed by atoms with Gasteiger partial charge in [-0.15, -0.1) is 0 Å². The van der Waals surface area contributed by atoms with Crippen LogP contribution in [0.1, 0.15) is 11.1 Å². The summed E-state index contributed by atoms with van der Waals surface area (Å²) in [5, 5.41) is 14.3. The van der Waals surface area contributed by atoms with E-state index in [0.717, 1.165) is 16.8 Å². The van der Waals surface area contributed by atoms with Crippen molar-refractivity contribution in [3.05, 3.63) is 98.8 Å². The van der Waals surface area contributed by atoms with Gasteiger partial charge in [-0.1, -0.05) is 29.8 Å². The van der Waals surface area contributed by atoms with E-state index in [9.17, 15) is 14.5 Å². The maximum absolute atomic E-state index is 13.2. The van der Waals surface area contributed by atoms with E-state index in [0.29, 0.717) is 17.3 Å².